The zero-order chi connectivity index (χ0) is 20.3. The van der Waals surface area contributed by atoms with Gasteiger partial charge in [0.25, 0.3) is 5.91 Å². The van der Waals surface area contributed by atoms with Gasteiger partial charge < -0.3 is 10.1 Å². The number of carbonyl (C=O) groups excluding carboxylic acids is 1. The number of aryl methyl sites for hydroxylation is 1. The summed E-state index contributed by atoms with van der Waals surface area (Å²) in [6.45, 7) is 0. The summed E-state index contributed by atoms with van der Waals surface area (Å²) in [5.41, 5.74) is -1.57. The van der Waals surface area contributed by atoms with Gasteiger partial charge in [0.05, 0.1) is 24.1 Å². The van der Waals surface area contributed by atoms with Crippen molar-refractivity contribution in [2.24, 2.45) is 7.05 Å². The van der Waals surface area contributed by atoms with Gasteiger partial charge in [-0.15, -0.1) is 5.10 Å². The maximum atomic E-state index is 13.0. The van der Waals surface area contributed by atoms with Crippen LogP contribution in [0.1, 0.15) is 47.4 Å². The summed E-state index contributed by atoms with van der Waals surface area (Å²) in [6, 6.07) is 2.16. The van der Waals surface area contributed by atoms with Crippen molar-refractivity contribution in [3.8, 4) is 11.8 Å². The average Bonchev–Trinajstić information content (AvgIpc) is 3.09. The van der Waals surface area contributed by atoms with Crippen molar-refractivity contribution in [1.29, 1.82) is 5.26 Å². The Labute approximate surface area is 158 Å². The van der Waals surface area contributed by atoms with E-state index < -0.39 is 17.4 Å². The molecule has 1 N–H and O–H groups in total. The van der Waals surface area contributed by atoms with Crippen molar-refractivity contribution in [3.63, 3.8) is 0 Å². The Morgan fingerprint density at radius 2 is 2.07 bits per heavy atom. The molecular formula is C17H17F3N6O2. The third-order valence-corrected chi connectivity index (χ3v) is 4.42. The normalized spacial score (nSPS) is 19.7. The molecule has 0 atom stereocenters. The van der Waals surface area contributed by atoms with E-state index >= 15 is 0 Å². The van der Waals surface area contributed by atoms with Crippen molar-refractivity contribution >= 4 is 5.91 Å². The second kappa shape index (κ2) is 7.84. The summed E-state index contributed by atoms with van der Waals surface area (Å²) in [5, 5.41) is 19.1. The Bertz CT molecular complexity index is 897. The Morgan fingerprint density at radius 1 is 1.36 bits per heavy atom. The maximum absolute atomic E-state index is 13.0. The first-order chi connectivity index (χ1) is 13.3. The van der Waals surface area contributed by atoms with Gasteiger partial charge in [0.2, 0.25) is 0 Å². The Balaban J connectivity index is 1.56. The Kier molecular flexibility index (Phi) is 5.48. The van der Waals surface area contributed by atoms with E-state index in [0.29, 0.717) is 25.7 Å². The predicted molar refractivity (Wildman–Crippen MR) is 89.1 cm³/mol. The monoisotopic (exact) mass is 394 g/mol. The third-order valence-electron chi connectivity index (χ3n) is 4.42. The van der Waals surface area contributed by atoms with E-state index in [9.17, 15) is 18.0 Å². The van der Waals surface area contributed by atoms with E-state index in [-0.39, 0.29) is 29.5 Å². The van der Waals surface area contributed by atoms with Crippen molar-refractivity contribution < 1.29 is 22.7 Å². The summed E-state index contributed by atoms with van der Waals surface area (Å²) >= 11 is 0. The van der Waals surface area contributed by atoms with E-state index in [1.807, 2.05) is 0 Å². The molecule has 2 aromatic rings. The Hall–Kier alpha value is -3.16. The van der Waals surface area contributed by atoms with Gasteiger partial charge in [0.1, 0.15) is 11.8 Å². The highest BCUT2D eigenvalue weighted by molar-refractivity contribution is 5.92. The van der Waals surface area contributed by atoms with Crippen LogP contribution in [0.4, 0.5) is 13.2 Å². The molecule has 1 aliphatic carbocycles. The highest BCUT2D eigenvalue weighted by atomic mass is 19.4. The van der Waals surface area contributed by atoms with Gasteiger partial charge >= 0.3 is 6.18 Å². The number of amides is 1. The number of hydrogen-bond donors (Lipinski definition) is 1. The number of nitrogens with one attached hydrogen (secondary N) is 1. The van der Waals surface area contributed by atoms with Crippen molar-refractivity contribution in [2.75, 3.05) is 0 Å². The summed E-state index contributed by atoms with van der Waals surface area (Å²) < 4.78 is 46.1. The first-order valence-electron chi connectivity index (χ1n) is 8.57. The van der Waals surface area contributed by atoms with Gasteiger partial charge in [0, 0.05) is 13.1 Å². The molecule has 1 fully saturated rings. The summed E-state index contributed by atoms with van der Waals surface area (Å²) in [5.74, 6) is -0.345. The number of aromatic nitrogens is 4. The first-order valence-corrected chi connectivity index (χ1v) is 8.57. The number of pyridine rings is 1. The SMILES string of the molecule is Cn1cc(C(=O)N[C@H]2CC[C@H](Oc3cnc(C#N)c(C(F)(F)F)c3)CC2)nn1. The number of nitrogens with zero attached hydrogens (tertiary/aromatic N) is 5. The number of hydrogen-bond acceptors (Lipinski definition) is 6. The molecule has 0 radical (unpaired) electrons. The van der Waals surface area contributed by atoms with E-state index in [1.165, 1.54) is 16.9 Å². The van der Waals surface area contributed by atoms with Crippen LogP contribution in [-0.4, -0.2) is 38.0 Å². The van der Waals surface area contributed by atoms with E-state index in [0.717, 1.165) is 12.3 Å². The molecule has 0 aliphatic heterocycles. The average molecular weight is 394 g/mol. The fourth-order valence-corrected chi connectivity index (χ4v) is 3.04. The van der Waals surface area contributed by atoms with Crippen LogP contribution in [0.3, 0.4) is 0 Å². The van der Waals surface area contributed by atoms with Gasteiger partial charge in [-0.2, -0.15) is 18.4 Å². The highest BCUT2D eigenvalue weighted by Gasteiger charge is 2.35. The lowest BCUT2D eigenvalue weighted by atomic mass is 9.93. The minimum absolute atomic E-state index is 0.0293. The van der Waals surface area contributed by atoms with Crippen molar-refractivity contribution in [1.82, 2.24) is 25.3 Å². The topological polar surface area (TPSA) is 106 Å². The molecule has 0 unspecified atom stereocenters. The fourth-order valence-electron chi connectivity index (χ4n) is 3.04. The van der Waals surface area contributed by atoms with Crippen LogP contribution in [0.15, 0.2) is 18.5 Å². The van der Waals surface area contributed by atoms with Crippen LogP contribution in [0, 0.1) is 11.3 Å². The number of nitriles is 1. The van der Waals surface area contributed by atoms with Gasteiger partial charge in [-0.05, 0) is 31.7 Å². The van der Waals surface area contributed by atoms with Gasteiger partial charge in [-0.3, -0.25) is 9.48 Å². The fraction of sp³-hybridized carbons (Fsp3) is 0.471. The molecule has 28 heavy (non-hydrogen) atoms. The lowest BCUT2D eigenvalue weighted by Crippen LogP contribution is -2.39. The van der Waals surface area contributed by atoms with Crippen molar-refractivity contribution in [2.45, 2.75) is 44.0 Å². The smallest absolute Gasteiger partial charge is 0.419 e. The van der Waals surface area contributed by atoms with Gasteiger partial charge in [-0.25, -0.2) is 4.98 Å². The minimum Gasteiger partial charge on any atom is -0.489 e. The predicted octanol–water partition coefficient (Wildman–Crippen LogP) is 2.22. The van der Waals surface area contributed by atoms with Crippen LogP contribution < -0.4 is 10.1 Å². The quantitative estimate of drug-likeness (QED) is 0.852. The third kappa shape index (κ3) is 4.57. The number of alkyl halides is 3. The molecule has 2 heterocycles. The van der Waals surface area contributed by atoms with Gasteiger partial charge in [-0.1, -0.05) is 5.21 Å². The number of rotatable bonds is 4. The molecule has 2 aromatic heterocycles. The number of halogens is 3. The van der Waals surface area contributed by atoms with E-state index in [1.54, 1.807) is 7.05 Å². The van der Waals surface area contributed by atoms with Crippen molar-refractivity contribution in [3.05, 3.63) is 35.4 Å². The molecule has 1 amide bonds. The lowest BCUT2D eigenvalue weighted by molar-refractivity contribution is -0.138. The van der Waals surface area contributed by atoms with Crippen LogP contribution in [0.25, 0.3) is 0 Å². The molecule has 0 spiro atoms. The molecule has 11 heteroatoms. The molecule has 1 saturated carbocycles. The molecular weight excluding hydrogens is 377 g/mol. The second-order valence-electron chi connectivity index (χ2n) is 6.52. The molecule has 0 saturated heterocycles. The summed E-state index contributed by atoms with van der Waals surface area (Å²) in [4.78, 5) is 15.6. The molecule has 8 nitrogen and oxygen atoms in total. The highest BCUT2D eigenvalue weighted by Crippen LogP contribution is 2.34. The Morgan fingerprint density at radius 3 is 2.64 bits per heavy atom. The largest absolute Gasteiger partial charge is 0.489 e. The zero-order valence-corrected chi connectivity index (χ0v) is 14.9. The van der Waals surface area contributed by atoms with Crippen LogP contribution in [0.2, 0.25) is 0 Å². The lowest BCUT2D eigenvalue weighted by Gasteiger charge is -2.29. The second-order valence-corrected chi connectivity index (χ2v) is 6.52. The first kappa shape index (κ1) is 19.6. The van der Waals surface area contributed by atoms with Crippen LogP contribution >= 0.6 is 0 Å². The standard InChI is InChI=1S/C17H17F3N6O2/c1-26-9-15(24-25-26)16(27)23-10-2-4-11(5-3-10)28-12-6-13(17(18,19)20)14(7-21)22-8-12/h6,8-11H,2-5H2,1H3,(H,23,27)/t10-,11-. The summed E-state index contributed by atoms with van der Waals surface area (Å²) in [7, 11) is 1.66. The molecule has 148 valence electrons. The van der Waals surface area contributed by atoms with E-state index in [4.69, 9.17) is 10.00 Å². The van der Waals surface area contributed by atoms with E-state index in [2.05, 4.69) is 20.6 Å². The molecule has 0 aromatic carbocycles. The van der Waals surface area contributed by atoms with Crippen LogP contribution in [0.5, 0.6) is 5.75 Å². The maximum Gasteiger partial charge on any atom is 0.419 e. The minimum atomic E-state index is -4.68. The molecule has 3 rings (SSSR count). The van der Waals surface area contributed by atoms with Crippen LogP contribution in [-0.2, 0) is 13.2 Å². The van der Waals surface area contributed by atoms with Gasteiger partial charge in [0.15, 0.2) is 11.4 Å². The molecule has 0 bridgehead atoms. The molecule has 1 aliphatic rings. The number of ether oxygens (including phenoxy) is 1. The summed E-state index contributed by atoms with van der Waals surface area (Å²) in [6.07, 6.45) is 0.0225. The zero-order valence-electron chi connectivity index (χ0n) is 14.9. The number of carbonyl (C=O) groups is 1.